The molecule has 4 bridgehead atoms. The molecule has 0 amide bonds. The van der Waals surface area contributed by atoms with Crippen LogP contribution in [0.15, 0.2) is 0 Å². The molecule has 0 spiro atoms. The van der Waals surface area contributed by atoms with Gasteiger partial charge in [0.15, 0.2) is 0 Å². The number of aliphatic hydroxyl groups excluding tert-OH is 2. The lowest BCUT2D eigenvalue weighted by Gasteiger charge is -2.69. The Balaban J connectivity index is 1.60. The van der Waals surface area contributed by atoms with Gasteiger partial charge in [0, 0.05) is 36.9 Å². The number of rotatable bonds is 42. The maximum absolute atomic E-state index is 13.8. The van der Waals surface area contributed by atoms with Crippen LogP contribution in [-0.4, -0.2) is 48.6 Å². The lowest BCUT2D eigenvalue weighted by molar-refractivity contribution is -0.245. The van der Waals surface area contributed by atoms with Crippen LogP contribution in [0.5, 0.6) is 0 Å². The first-order valence-electron chi connectivity index (χ1n) is 27.7. The van der Waals surface area contributed by atoms with Crippen molar-refractivity contribution >= 4 is 11.9 Å². The molecule has 6 heteroatoms. The molecule has 6 nitrogen and oxygen atoms in total. The fourth-order valence-electron chi connectivity index (χ4n) is 13.5. The van der Waals surface area contributed by atoms with Gasteiger partial charge in [-0.25, -0.2) is 0 Å². The number of hydrogen-bond acceptors (Lipinski definition) is 6. The molecule has 4 aliphatic carbocycles. The number of hydrogen-bond donors (Lipinski definition) is 2. The van der Waals surface area contributed by atoms with E-state index in [0.717, 1.165) is 64.2 Å². The highest BCUT2D eigenvalue weighted by molar-refractivity contribution is 5.70. The standard InChI is InChI=1S/C56H104O6/c1-5-9-13-17-21-25-29-33-49(34-30-26-22-18-14-10-6-2)37-51(59)61-47-55-40-53(45-57)39-54(41-55,46-58)43-56(42-53,44-55)48-62-52(60)38-50(35-31-27-23-19-15-11-7-3)36-32-28-24-20-16-12-8-4/h49-50,57-58H,5-48H2,1-4H3. The van der Waals surface area contributed by atoms with Crippen LogP contribution < -0.4 is 0 Å². The van der Waals surface area contributed by atoms with Crippen molar-refractivity contribution in [2.45, 2.75) is 285 Å². The maximum Gasteiger partial charge on any atom is 0.306 e. The smallest absolute Gasteiger partial charge is 0.306 e. The minimum Gasteiger partial charge on any atom is -0.465 e. The van der Waals surface area contributed by atoms with Gasteiger partial charge in [-0.1, -0.05) is 207 Å². The maximum atomic E-state index is 13.8. The highest BCUT2D eigenvalue weighted by Gasteiger charge is 2.68. The third-order valence-electron chi connectivity index (χ3n) is 16.0. The van der Waals surface area contributed by atoms with E-state index < -0.39 is 0 Å². The van der Waals surface area contributed by atoms with E-state index in [9.17, 15) is 19.8 Å². The van der Waals surface area contributed by atoms with Crippen molar-refractivity contribution in [1.82, 2.24) is 0 Å². The molecule has 4 aliphatic rings. The largest absolute Gasteiger partial charge is 0.465 e. The minimum absolute atomic E-state index is 0.0675. The summed E-state index contributed by atoms with van der Waals surface area (Å²) in [7, 11) is 0. The second-order valence-corrected chi connectivity index (χ2v) is 22.5. The molecular weight excluding hydrogens is 769 g/mol. The number of aliphatic hydroxyl groups is 2. The molecule has 364 valence electrons. The first-order chi connectivity index (χ1) is 30.1. The molecule has 0 heterocycles. The van der Waals surface area contributed by atoms with Crippen LogP contribution >= 0.6 is 0 Å². The summed E-state index contributed by atoms with van der Waals surface area (Å²) < 4.78 is 12.7. The summed E-state index contributed by atoms with van der Waals surface area (Å²) in [4.78, 5) is 27.5. The van der Waals surface area contributed by atoms with Crippen molar-refractivity contribution in [3.05, 3.63) is 0 Å². The summed E-state index contributed by atoms with van der Waals surface area (Å²) in [5, 5.41) is 22.0. The predicted octanol–water partition coefficient (Wildman–Crippen LogP) is 16.0. The van der Waals surface area contributed by atoms with Crippen molar-refractivity contribution in [2.24, 2.45) is 33.5 Å². The SMILES string of the molecule is CCCCCCCCCC(CCCCCCCCC)CC(=O)OCC12CC3(CO)CC(CO)(C1)CC(COC(=O)CC(CCCCCCCCC)CCCCCCCCC)(C3)C2. The van der Waals surface area contributed by atoms with E-state index in [-0.39, 0.29) is 46.8 Å². The van der Waals surface area contributed by atoms with Crippen LogP contribution in [0.1, 0.15) is 285 Å². The van der Waals surface area contributed by atoms with Crippen molar-refractivity contribution in [3.63, 3.8) is 0 Å². The second-order valence-electron chi connectivity index (χ2n) is 22.5. The zero-order valence-corrected chi connectivity index (χ0v) is 41.8. The molecule has 0 unspecified atom stereocenters. The molecule has 4 rings (SSSR count). The fourth-order valence-corrected chi connectivity index (χ4v) is 13.5. The third-order valence-corrected chi connectivity index (χ3v) is 16.0. The zero-order valence-electron chi connectivity index (χ0n) is 41.8. The topological polar surface area (TPSA) is 93.1 Å². The lowest BCUT2D eigenvalue weighted by Crippen LogP contribution is -2.65. The molecule has 0 aromatic heterocycles. The Morgan fingerprint density at radius 2 is 0.597 bits per heavy atom. The van der Waals surface area contributed by atoms with E-state index in [2.05, 4.69) is 27.7 Å². The number of unbranched alkanes of at least 4 members (excludes halogenated alkanes) is 24. The van der Waals surface area contributed by atoms with Gasteiger partial charge in [0.2, 0.25) is 0 Å². The van der Waals surface area contributed by atoms with Gasteiger partial charge in [0.25, 0.3) is 0 Å². The van der Waals surface area contributed by atoms with Gasteiger partial charge in [-0.3, -0.25) is 9.59 Å². The van der Waals surface area contributed by atoms with Crippen LogP contribution in [0, 0.1) is 33.5 Å². The molecule has 0 saturated heterocycles. The minimum atomic E-state index is -0.329. The van der Waals surface area contributed by atoms with E-state index in [0.29, 0.717) is 37.9 Å². The van der Waals surface area contributed by atoms with Crippen LogP contribution in [0.25, 0.3) is 0 Å². The summed E-state index contributed by atoms with van der Waals surface area (Å²) in [6, 6.07) is 0. The van der Waals surface area contributed by atoms with E-state index in [1.165, 1.54) is 180 Å². The molecule has 2 N–H and O–H groups in total. The van der Waals surface area contributed by atoms with Gasteiger partial charge in [-0.2, -0.15) is 0 Å². The first-order valence-corrected chi connectivity index (χ1v) is 27.7. The monoisotopic (exact) mass is 873 g/mol. The molecule has 0 aromatic rings. The van der Waals surface area contributed by atoms with E-state index in [1.807, 2.05) is 0 Å². The molecule has 0 aromatic carbocycles. The number of carbonyl (C=O) groups is 2. The Labute approximate surface area is 384 Å². The molecular formula is C56H104O6. The Morgan fingerprint density at radius 1 is 0.371 bits per heavy atom. The Morgan fingerprint density at radius 3 is 0.855 bits per heavy atom. The zero-order chi connectivity index (χ0) is 44.8. The summed E-state index contributed by atoms with van der Waals surface area (Å²) in [5.74, 6) is 0.620. The van der Waals surface area contributed by atoms with Crippen molar-refractivity contribution in [1.29, 1.82) is 0 Å². The average molecular weight is 873 g/mol. The third kappa shape index (κ3) is 21.0. The van der Waals surface area contributed by atoms with Crippen molar-refractivity contribution in [3.8, 4) is 0 Å². The van der Waals surface area contributed by atoms with Gasteiger partial charge in [0.1, 0.15) is 0 Å². The second kappa shape index (κ2) is 31.7. The number of ether oxygens (including phenoxy) is 2. The van der Waals surface area contributed by atoms with Gasteiger partial charge >= 0.3 is 11.9 Å². The summed E-state index contributed by atoms with van der Waals surface area (Å²) in [6.45, 7) is 9.93. The van der Waals surface area contributed by atoms with Crippen molar-refractivity contribution < 1.29 is 29.3 Å². The summed E-state index contributed by atoms with van der Waals surface area (Å²) in [6.07, 6.45) is 46.4. The average Bonchev–Trinajstić information content (AvgIpc) is 3.25. The Bertz CT molecular complexity index is 1020. The van der Waals surface area contributed by atoms with Crippen LogP contribution in [-0.2, 0) is 19.1 Å². The van der Waals surface area contributed by atoms with E-state index >= 15 is 0 Å². The van der Waals surface area contributed by atoms with Crippen molar-refractivity contribution in [2.75, 3.05) is 26.4 Å². The highest BCUT2D eigenvalue weighted by atomic mass is 16.5. The molecule has 0 atom stereocenters. The molecule has 0 aliphatic heterocycles. The van der Waals surface area contributed by atoms with Crippen LogP contribution in [0.2, 0.25) is 0 Å². The van der Waals surface area contributed by atoms with E-state index in [4.69, 9.17) is 9.47 Å². The normalized spacial score (nSPS) is 24.1. The lowest BCUT2D eigenvalue weighted by atomic mass is 9.36. The van der Waals surface area contributed by atoms with Gasteiger partial charge in [-0.15, -0.1) is 0 Å². The highest BCUT2D eigenvalue weighted by Crippen LogP contribution is 2.73. The molecule has 4 fully saturated rings. The van der Waals surface area contributed by atoms with Gasteiger partial charge in [0.05, 0.1) is 13.2 Å². The Kier molecular flexibility index (Phi) is 28.2. The molecule has 4 saturated carbocycles. The number of esters is 2. The fraction of sp³-hybridized carbons (Fsp3) is 0.964. The van der Waals surface area contributed by atoms with Gasteiger partial charge in [-0.05, 0) is 86.9 Å². The van der Waals surface area contributed by atoms with Crippen LogP contribution in [0.3, 0.4) is 0 Å². The molecule has 62 heavy (non-hydrogen) atoms. The predicted molar refractivity (Wildman–Crippen MR) is 260 cm³/mol. The summed E-state index contributed by atoms with van der Waals surface area (Å²) >= 11 is 0. The van der Waals surface area contributed by atoms with E-state index in [1.54, 1.807) is 0 Å². The summed E-state index contributed by atoms with van der Waals surface area (Å²) in [5.41, 5.74) is -1.26. The van der Waals surface area contributed by atoms with Crippen LogP contribution in [0.4, 0.5) is 0 Å². The number of carbonyl (C=O) groups excluding carboxylic acids is 2. The first kappa shape index (κ1) is 55.2. The van der Waals surface area contributed by atoms with Gasteiger partial charge < -0.3 is 19.7 Å². The quantitative estimate of drug-likeness (QED) is 0.0469. The Hall–Kier alpha value is -1.14. The molecule has 0 radical (unpaired) electrons.